The topological polar surface area (TPSA) is 129 Å². The Kier molecular flexibility index (Phi) is 6.72. The maximum atomic E-state index is 14.1. The van der Waals surface area contributed by atoms with Crippen LogP contribution < -0.4 is 0 Å². The average molecular weight is 517 g/mol. The maximum Gasteiger partial charge on any atom is 0.306 e. The first-order chi connectivity index (χ1) is 16.9. The highest BCUT2D eigenvalue weighted by Gasteiger charge is 2.70. The van der Waals surface area contributed by atoms with Gasteiger partial charge in [-0.25, -0.2) is 0 Å². The molecule has 4 aliphatic rings. The summed E-state index contributed by atoms with van der Waals surface area (Å²) in [5, 5.41) is 32.4. The van der Waals surface area contributed by atoms with Gasteiger partial charge in [0.1, 0.15) is 11.6 Å². The number of rotatable bonds is 6. The molecule has 9 atom stereocenters. The number of hydrogen-bond donors (Lipinski definition) is 3. The van der Waals surface area contributed by atoms with Crippen LogP contribution in [0.5, 0.6) is 0 Å². The normalized spacial score (nSPS) is 42.5. The minimum Gasteiger partial charge on any atom is -0.481 e. The first-order valence-electron chi connectivity index (χ1n) is 13.8. The molecule has 0 aromatic heterocycles. The van der Waals surface area contributed by atoms with Gasteiger partial charge in [0.05, 0.1) is 18.1 Å². The van der Waals surface area contributed by atoms with Crippen LogP contribution >= 0.6 is 0 Å². The van der Waals surface area contributed by atoms with Crippen molar-refractivity contribution in [3.63, 3.8) is 0 Å². The highest BCUT2D eigenvalue weighted by atomic mass is 16.4. The van der Waals surface area contributed by atoms with E-state index in [9.17, 15) is 34.5 Å². The van der Waals surface area contributed by atoms with Crippen LogP contribution in [-0.4, -0.2) is 50.8 Å². The third-order valence-corrected chi connectivity index (χ3v) is 11.6. The molecule has 7 nitrogen and oxygen atoms in total. The molecule has 0 saturated heterocycles. The molecule has 0 heterocycles. The van der Waals surface area contributed by atoms with Gasteiger partial charge in [-0.15, -0.1) is 0 Å². The number of carboxylic acid groups (broad SMARTS) is 1. The molecule has 2 saturated carbocycles. The molecule has 4 aliphatic carbocycles. The van der Waals surface area contributed by atoms with Gasteiger partial charge in [0.2, 0.25) is 0 Å². The summed E-state index contributed by atoms with van der Waals surface area (Å²) in [6.45, 7) is 13.4. The number of carbonyl (C=O) groups is 4. The van der Waals surface area contributed by atoms with Gasteiger partial charge in [-0.05, 0) is 48.0 Å². The molecular weight excluding hydrogens is 472 g/mol. The first-order valence-corrected chi connectivity index (χ1v) is 13.8. The Hall–Kier alpha value is -1.86. The Balaban J connectivity index is 1.74. The van der Waals surface area contributed by atoms with Gasteiger partial charge in [0.25, 0.3) is 0 Å². The number of carboxylic acids is 1. The number of Topliss-reactive ketones (excluding diaryl/α,β-unsaturated/α-hetero) is 3. The van der Waals surface area contributed by atoms with Crippen molar-refractivity contribution in [3.8, 4) is 0 Å². The molecule has 206 valence electrons. The lowest BCUT2D eigenvalue weighted by Crippen LogP contribution is -2.60. The van der Waals surface area contributed by atoms with Gasteiger partial charge in [-0.3, -0.25) is 19.2 Å². The maximum absolute atomic E-state index is 14.1. The van der Waals surface area contributed by atoms with Crippen molar-refractivity contribution < 1.29 is 34.5 Å². The number of aliphatic hydroxyl groups is 2. The molecule has 0 aliphatic heterocycles. The lowest BCUT2D eigenvalue weighted by Gasteiger charge is -2.61. The molecular formula is C30H44O7. The minimum atomic E-state index is -1.00. The predicted molar refractivity (Wildman–Crippen MR) is 137 cm³/mol. The number of aliphatic carboxylic acids is 1. The molecule has 0 radical (unpaired) electrons. The molecule has 37 heavy (non-hydrogen) atoms. The van der Waals surface area contributed by atoms with Crippen molar-refractivity contribution in [2.45, 2.75) is 106 Å². The highest BCUT2D eigenvalue weighted by Crippen LogP contribution is 2.71. The Morgan fingerprint density at radius 2 is 1.62 bits per heavy atom. The fourth-order valence-corrected chi connectivity index (χ4v) is 9.20. The Bertz CT molecular complexity index is 1070. The molecule has 0 amide bonds. The third kappa shape index (κ3) is 3.82. The molecule has 3 N–H and O–H groups in total. The number of hydrogen-bond acceptors (Lipinski definition) is 6. The van der Waals surface area contributed by atoms with Crippen molar-refractivity contribution in [2.75, 3.05) is 0 Å². The van der Waals surface area contributed by atoms with E-state index in [0.717, 1.165) is 0 Å². The van der Waals surface area contributed by atoms with Crippen LogP contribution in [0.15, 0.2) is 11.1 Å². The van der Waals surface area contributed by atoms with Crippen molar-refractivity contribution in [1.82, 2.24) is 0 Å². The summed E-state index contributed by atoms with van der Waals surface area (Å²) in [4.78, 5) is 50.8. The number of ketones is 3. The van der Waals surface area contributed by atoms with Gasteiger partial charge in [-0.1, -0.05) is 48.5 Å². The van der Waals surface area contributed by atoms with Gasteiger partial charge >= 0.3 is 5.97 Å². The number of aliphatic hydroxyl groups excluding tert-OH is 2. The third-order valence-electron chi connectivity index (χ3n) is 11.6. The SMILES string of the molecule is CC(CC(=O)CC(C)C1CC(O)[C@@]2(C)C3=C(C(=O)C[C@]12C)[C@@]1(C)CCC(=O)C(C)(C)[C@@H]1CC3O)C(=O)O. The van der Waals surface area contributed by atoms with E-state index in [-0.39, 0.29) is 54.4 Å². The van der Waals surface area contributed by atoms with Crippen molar-refractivity contribution in [2.24, 2.45) is 45.3 Å². The molecule has 0 spiro atoms. The van der Waals surface area contributed by atoms with E-state index in [2.05, 4.69) is 6.92 Å². The lowest BCUT2D eigenvalue weighted by molar-refractivity contribution is -0.146. The first kappa shape index (κ1) is 28.2. The predicted octanol–water partition coefficient (Wildman–Crippen LogP) is 4.13. The highest BCUT2D eigenvalue weighted by molar-refractivity contribution is 6.01. The van der Waals surface area contributed by atoms with Gasteiger partial charge in [0.15, 0.2) is 5.78 Å². The zero-order valence-corrected chi connectivity index (χ0v) is 23.4. The molecule has 0 aromatic carbocycles. The zero-order valence-electron chi connectivity index (χ0n) is 23.4. The van der Waals surface area contributed by atoms with Crippen molar-refractivity contribution in [3.05, 3.63) is 11.1 Å². The summed E-state index contributed by atoms with van der Waals surface area (Å²) in [6.07, 6.45) is 0.421. The summed E-state index contributed by atoms with van der Waals surface area (Å²) >= 11 is 0. The fourth-order valence-electron chi connectivity index (χ4n) is 9.20. The van der Waals surface area contributed by atoms with Crippen LogP contribution in [0.1, 0.15) is 93.4 Å². The summed E-state index contributed by atoms with van der Waals surface area (Å²) in [5.41, 5.74) is -1.40. The van der Waals surface area contributed by atoms with Crippen LogP contribution in [0, 0.1) is 45.3 Å². The molecule has 4 rings (SSSR count). The monoisotopic (exact) mass is 516 g/mol. The molecule has 7 heteroatoms. The minimum absolute atomic E-state index is 0.0106. The van der Waals surface area contributed by atoms with E-state index >= 15 is 0 Å². The van der Waals surface area contributed by atoms with E-state index in [4.69, 9.17) is 0 Å². The number of allylic oxidation sites excluding steroid dienone is 1. The summed E-state index contributed by atoms with van der Waals surface area (Å²) in [7, 11) is 0. The van der Waals surface area contributed by atoms with Crippen molar-refractivity contribution in [1.29, 1.82) is 0 Å². The second kappa shape index (κ2) is 8.84. The van der Waals surface area contributed by atoms with Gasteiger partial charge in [-0.2, -0.15) is 0 Å². The molecule has 0 aromatic rings. The molecule has 5 unspecified atom stereocenters. The quantitative estimate of drug-likeness (QED) is 0.484. The fraction of sp³-hybridized carbons (Fsp3) is 0.800. The summed E-state index contributed by atoms with van der Waals surface area (Å²) in [6, 6.07) is 0. The second-order valence-corrected chi connectivity index (χ2v) is 13.9. The van der Waals surface area contributed by atoms with Crippen LogP contribution in [0.25, 0.3) is 0 Å². The molecule has 0 bridgehead atoms. The van der Waals surface area contributed by atoms with Crippen LogP contribution in [-0.2, 0) is 19.2 Å². The molecule has 2 fully saturated rings. The van der Waals surface area contributed by atoms with E-state index in [0.29, 0.717) is 36.8 Å². The second-order valence-electron chi connectivity index (χ2n) is 13.9. The van der Waals surface area contributed by atoms with E-state index in [1.54, 1.807) is 0 Å². The summed E-state index contributed by atoms with van der Waals surface area (Å²) < 4.78 is 0. The number of fused-ring (bicyclic) bond motifs is 4. The van der Waals surface area contributed by atoms with Crippen LogP contribution in [0.2, 0.25) is 0 Å². The average Bonchev–Trinajstić information content (AvgIpc) is 2.99. The van der Waals surface area contributed by atoms with E-state index in [1.807, 2.05) is 34.6 Å². The standard InChI is InChI=1S/C30H44O7/c1-15(10-17(31)11-16(2)26(36)37)18-12-23(35)30(7)25-19(32)13-21-27(3,4)22(34)8-9-28(21,5)24(25)20(33)14-29(18,30)6/h15-16,18-19,21,23,32,35H,8-14H2,1-7H3,(H,36,37)/t15?,16?,18?,19?,21-,23?,28-,29+,30-/m0/s1. The Morgan fingerprint density at radius 1 is 1.00 bits per heavy atom. The Labute approximate surface area is 220 Å². The number of carbonyl (C=O) groups excluding carboxylic acids is 3. The van der Waals surface area contributed by atoms with E-state index < -0.39 is 45.8 Å². The van der Waals surface area contributed by atoms with Crippen molar-refractivity contribution >= 4 is 23.3 Å². The van der Waals surface area contributed by atoms with E-state index in [1.165, 1.54) is 6.92 Å². The Morgan fingerprint density at radius 3 is 2.22 bits per heavy atom. The lowest BCUT2D eigenvalue weighted by atomic mass is 9.42. The van der Waals surface area contributed by atoms with Crippen LogP contribution in [0.3, 0.4) is 0 Å². The largest absolute Gasteiger partial charge is 0.481 e. The summed E-state index contributed by atoms with van der Waals surface area (Å²) in [5.74, 6) is -2.17. The van der Waals surface area contributed by atoms with Gasteiger partial charge < -0.3 is 15.3 Å². The smallest absolute Gasteiger partial charge is 0.306 e. The zero-order chi connectivity index (χ0) is 27.9. The van der Waals surface area contributed by atoms with Crippen LogP contribution in [0.4, 0.5) is 0 Å². The van der Waals surface area contributed by atoms with Gasteiger partial charge in [0, 0.05) is 47.5 Å².